The standard InChI is InChI=1S/C16H12ClFN2/c1-20-13-5-3-2-4-10(13)14(17)15-16(20)11-8-9(18)6-7-12(11)19-15/h2-8,11,13H,1H3. The maximum Gasteiger partial charge on any atom is 0.120 e. The van der Waals surface area contributed by atoms with Crippen LogP contribution in [-0.4, -0.2) is 23.7 Å². The van der Waals surface area contributed by atoms with Gasteiger partial charge in [0.25, 0.3) is 0 Å². The Morgan fingerprint density at radius 3 is 2.95 bits per heavy atom. The van der Waals surface area contributed by atoms with Crippen LogP contribution in [0.25, 0.3) is 0 Å². The molecule has 0 saturated carbocycles. The van der Waals surface area contributed by atoms with Crippen molar-refractivity contribution in [1.82, 2.24) is 4.90 Å². The van der Waals surface area contributed by atoms with E-state index in [-0.39, 0.29) is 17.8 Å². The smallest absolute Gasteiger partial charge is 0.120 e. The van der Waals surface area contributed by atoms with Gasteiger partial charge in [-0.2, -0.15) is 0 Å². The third kappa shape index (κ3) is 1.47. The highest BCUT2D eigenvalue weighted by molar-refractivity contribution is 6.33. The molecule has 20 heavy (non-hydrogen) atoms. The molecule has 0 N–H and O–H groups in total. The average molecular weight is 287 g/mol. The van der Waals surface area contributed by atoms with Gasteiger partial charge in [0.2, 0.25) is 0 Å². The lowest BCUT2D eigenvalue weighted by Crippen LogP contribution is -2.37. The maximum absolute atomic E-state index is 13.5. The van der Waals surface area contributed by atoms with Crippen molar-refractivity contribution in [3.63, 3.8) is 0 Å². The van der Waals surface area contributed by atoms with E-state index in [1.54, 1.807) is 12.2 Å². The molecule has 0 aromatic rings. The van der Waals surface area contributed by atoms with Crippen LogP contribution in [0.3, 0.4) is 0 Å². The van der Waals surface area contributed by atoms with E-state index >= 15 is 0 Å². The van der Waals surface area contributed by atoms with Crippen LogP contribution >= 0.6 is 11.6 Å². The molecule has 0 spiro atoms. The maximum atomic E-state index is 13.5. The molecule has 4 rings (SSSR count). The fourth-order valence-electron chi connectivity index (χ4n) is 3.13. The van der Waals surface area contributed by atoms with Gasteiger partial charge in [0.15, 0.2) is 0 Å². The summed E-state index contributed by atoms with van der Waals surface area (Å²) in [5.41, 5.74) is 3.66. The summed E-state index contributed by atoms with van der Waals surface area (Å²) in [5, 5.41) is 0.674. The SMILES string of the molecule is CN1C2=C(N=C3C=CC(F)=CC32)C(Cl)=C2C=CC=CC21. The van der Waals surface area contributed by atoms with Crippen molar-refractivity contribution in [3.8, 4) is 0 Å². The van der Waals surface area contributed by atoms with E-state index in [1.807, 2.05) is 25.3 Å². The molecule has 0 amide bonds. The zero-order valence-corrected chi connectivity index (χ0v) is 11.6. The lowest BCUT2D eigenvalue weighted by molar-refractivity contribution is 0.363. The van der Waals surface area contributed by atoms with Gasteiger partial charge in [-0.25, -0.2) is 9.38 Å². The molecule has 2 heterocycles. The van der Waals surface area contributed by atoms with Crippen molar-refractivity contribution in [2.45, 2.75) is 6.04 Å². The van der Waals surface area contributed by atoms with Gasteiger partial charge in [0.05, 0.1) is 28.4 Å². The molecule has 2 atom stereocenters. The first-order valence-corrected chi connectivity index (χ1v) is 6.90. The first kappa shape index (κ1) is 11.9. The minimum atomic E-state index is -0.221. The zero-order chi connectivity index (χ0) is 13.9. The lowest BCUT2D eigenvalue weighted by atomic mass is 9.89. The average Bonchev–Trinajstić information content (AvgIpc) is 2.84. The predicted octanol–water partition coefficient (Wildman–Crippen LogP) is 3.62. The van der Waals surface area contributed by atoms with Crippen LogP contribution in [0.1, 0.15) is 0 Å². The van der Waals surface area contributed by atoms with E-state index in [1.165, 1.54) is 6.08 Å². The van der Waals surface area contributed by atoms with Gasteiger partial charge in [-0.05, 0) is 23.8 Å². The van der Waals surface area contributed by atoms with Gasteiger partial charge in [0, 0.05) is 7.05 Å². The largest absolute Gasteiger partial charge is 0.365 e. The van der Waals surface area contributed by atoms with Crippen molar-refractivity contribution in [3.05, 3.63) is 70.4 Å². The van der Waals surface area contributed by atoms with Crippen molar-refractivity contribution >= 4 is 17.3 Å². The second-order valence-corrected chi connectivity index (χ2v) is 5.58. The lowest BCUT2D eigenvalue weighted by Gasteiger charge is -2.37. The molecule has 4 heteroatoms. The topological polar surface area (TPSA) is 15.6 Å². The zero-order valence-electron chi connectivity index (χ0n) is 10.8. The second-order valence-electron chi connectivity index (χ2n) is 5.20. The second kappa shape index (κ2) is 4.06. The van der Waals surface area contributed by atoms with Gasteiger partial charge in [-0.1, -0.05) is 35.9 Å². The number of aliphatic imine (C=N–C) groups is 1. The van der Waals surface area contributed by atoms with E-state index in [0.717, 1.165) is 22.7 Å². The van der Waals surface area contributed by atoms with Gasteiger partial charge >= 0.3 is 0 Å². The summed E-state index contributed by atoms with van der Waals surface area (Å²) in [4.78, 5) is 6.74. The number of allylic oxidation sites excluding steroid dienone is 7. The van der Waals surface area contributed by atoms with Crippen molar-refractivity contribution < 1.29 is 4.39 Å². The first-order chi connectivity index (χ1) is 9.66. The third-order valence-electron chi connectivity index (χ3n) is 4.09. The van der Waals surface area contributed by atoms with Gasteiger partial charge < -0.3 is 4.90 Å². The van der Waals surface area contributed by atoms with E-state index in [4.69, 9.17) is 11.6 Å². The Hall–Kier alpha value is -1.87. The minimum Gasteiger partial charge on any atom is -0.365 e. The molecular weight excluding hydrogens is 275 g/mol. The number of likely N-dealkylation sites (N-methyl/N-ethyl adjacent to an activating group) is 1. The molecule has 0 aromatic heterocycles. The number of halogens is 2. The van der Waals surface area contributed by atoms with E-state index < -0.39 is 0 Å². The third-order valence-corrected chi connectivity index (χ3v) is 4.49. The normalized spacial score (nSPS) is 30.2. The molecule has 0 bridgehead atoms. The summed E-state index contributed by atoms with van der Waals surface area (Å²) >= 11 is 6.52. The summed E-state index contributed by atoms with van der Waals surface area (Å²) in [6, 6.07) is 0.100. The number of fused-ring (bicyclic) bond motifs is 3. The summed E-state index contributed by atoms with van der Waals surface area (Å²) in [5.74, 6) is -0.351. The Balaban J connectivity index is 1.90. The summed E-state index contributed by atoms with van der Waals surface area (Å²) in [6.07, 6.45) is 12.9. The molecular formula is C16H12ClFN2. The highest BCUT2D eigenvalue weighted by atomic mass is 35.5. The Kier molecular flexibility index (Phi) is 2.42. The Bertz CT molecular complexity index is 719. The van der Waals surface area contributed by atoms with Crippen LogP contribution < -0.4 is 0 Å². The van der Waals surface area contributed by atoms with Crippen molar-refractivity contribution in [1.29, 1.82) is 0 Å². The molecule has 2 unspecified atom stereocenters. The number of nitrogens with zero attached hydrogens (tertiary/aromatic N) is 2. The van der Waals surface area contributed by atoms with Crippen LogP contribution in [0, 0.1) is 5.92 Å². The number of hydrogen-bond acceptors (Lipinski definition) is 2. The van der Waals surface area contributed by atoms with E-state index in [2.05, 4.69) is 16.0 Å². The highest BCUT2D eigenvalue weighted by Gasteiger charge is 2.39. The minimum absolute atomic E-state index is 0.100. The molecule has 100 valence electrons. The molecule has 2 aliphatic carbocycles. The Morgan fingerprint density at radius 1 is 1.25 bits per heavy atom. The number of hydrogen-bond donors (Lipinski definition) is 0. The predicted molar refractivity (Wildman–Crippen MR) is 79.0 cm³/mol. The molecule has 0 fully saturated rings. The monoisotopic (exact) mass is 286 g/mol. The Labute approximate surface area is 121 Å². The van der Waals surface area contributed by atoms with E-state index in [0.29, 0.717) is 5.03 Å². The van der Waals surface area contributed by atoms with Gasteiger partial charge in [-0.15, -0.1) is 0 Å². The summed E-state index contributed by atoms with van der Waals surface area (Å²) < 4.78 is 13.5. The molecule has 0 radical (unpaired) electrons. The summed E-state index contributed by atoms with van der Waals surface area (Å²) in [7, 11) is 2.01. The molecule has 2 aliphatic heterocycles. The summed E-state index contributed by atoms with van der Waals surface area (Å²) in [6.45, 7) is 0. The van der Waals surface area contributed by atoms with Crippen LogP contribution in [0.5, 0.6) is 0 Å². The molecule has 0 aromatic carbocycles. The van der Waals surface area contributed by atoms with Crippen molar-refractivity contribution in [2.75, 3.05) is 7.05 Å². The van der Waals surface area contributed by atoms with Gasteiger partial charge in [-0.3, -0.25) is 0 Å². The van der Waals surface area contributed by atoms with Crippen LogP contribution in [-0.2, 0) is 0 Å². The fraction of sp³-hybridized carbons (Fsp3) is 0.188. The fourth-order valence-corrected chi connectivity index (χ4v) is 3.45. The highest BCUT2D eigenvalue weighted by Crippen LogP contribution is 2.44. The van der Waals surface area contributed by atoms with Gasteiger partial charge in [0.1, 0.15) is 11.5 Å². The van der Waals surface area contributed by atoms with Crippen molar-refractivity contribution in [2.24, 2.45) is 10.9 Å². The van der Waals surface area contributed by atoms with Crippen LogP contribution in [0.2, 0.25) is 0 Å². The van der Waals surface area contributed by atoms with Crippen LogP contribution in [0.4, 0.5) is 4.39 Å². The molecule has 0 saturated heterocycles. The van der Waals surface area contributed by atoms with Crippen LogP contribution in [0.15, 0.2) is 75.4 Å². The Morgan fingerprint density at radius 2 is 2.10 bits per heavy atom. The quantitative estimate of drug-likeness (QED) is 0.664. The number of rotatable bonds is 0. The molecule has 2 nitrogen and oxygen atoms in total. The molecule has 4 aliphatic rings. The first-order valence-electron chi connectivity index (χ1n) is 6.52. The van der Waals surface area contributed by atoms with E-state index in [9.17, 15) is 4.39 Å².